The van der Waals surface area contributed by atoms with Gasteiger partial charge in [-0.3, -0.25) is 0 Å². The number of hydrogen-bond donors (Lipinski definition) is 0. The molecule has 1 unspecified atom stereocenters. The molecule has 0 saturated carbocycles. The van der Waals surface area contributed by atoms with E-state index < -0.39 is 0 Å². The fraction of sp³-hybridized carbons (Fsp3) is 0.200. The standard InChI is InChI=1S/C10H8Br2S2/c1-6-4-8(14-10(12)5-6)7-2-3-9(11)13-7/h2-6H,1H3. The molecule has 0 bridgehead atoms. The van der Waals surface area contributed by atoms with Gasteiger partial charge in [-0.1, -0.05) is 30.8 Å². The van der Waals surface area contributed by atoms with Crippen LogP contribution in [0.1, 0.15) is 11.8 Å². The highest BCUT2D eigenvalue weighted by Crippen LogP contribution is 2.44. The molecule has 0 amide bonds. The van der Waals surface area contributed by atoms with Gasteiger partial charge in [0.15, 0.2) is 0 Å². The predicted molar refractivity (Wildman–Crippen MR) is 73.8 cm³/mol. The van der Waals surface area contributed by atoms with Gasteiger partial charge in [0.2, 0.25) is 0 Å². The molecule has 1 aromatic rings. The lowest BCUT2D eigenvalue weighted by Crippen LogP contribution is -1.90. The van der Waals surface area contributed by atoms with E-state index in [1.54, 1.807) is 23.1 Å². The van der Waals surface area contributed by atoms with E-state index in [1.165, 1.54) is 17.4 Å². The number of thioether (sulfide) groups is 1. The van der Waals surface area contributed by atoms with Crippen LogP contribution in [-0.2, 0) is 0 Å². The van der Waals surface area contributed by atoms with Gasteiger partial charge >= 0.3 is 0 Å². The first-order chi connectivity index (χ1) is 6.65. The van der Waals surface area contributed by atoms with Crippen molar-refractivity contribution < 1.29 is 0 Å². The molecule has 1 aromatic heterocycles. The Kier molecular flexibility index (Phi) is 3.58. The van der Waals surface area contributed by atoms with Crippen LogP contribution in [0.4, 0.5) is 0 Å². The van der Waals surface area contributed by atoms with E-state index in [4.69, 9.17) is 0 Å². The number of rotatable bonds is 1. The highest BCUT2D eigenvalue weighted by atomic mass is 79.9. The number of hydrogen-bond acceptors (Lipinski definition) is 2. The predicted octanol–water partition coefficient (Wildman–Crippen LogP) is 5.47. The maximum atomic E-state index is 3.55. The Morgan fingerprint density at radius 3 is 2.57 bits per heavy atom. The molecule has 4 heteroatoms. The Morgan fingerprint density at radius 1 is 1.21 bits per heavy atom. The molecule has 2 heterocycles. The lowest BCUT2D eigenvalue weighted by atomic mass is 10.1. The molecule has 0 saturated heterocycles. The Hall–Kier alpha value is 0.490. The third-order valence-electron chi connectivity index (χ3n) is 1.83. The van der Waals surface area contributed by atoms with E-state index in [2.05, 4.69) is 63.1 Å². The van der Waals surface area contributed by atoms with Gasteiger partial charge < -0.3 is 0 Å². The van der Waals surface area contributed by atoms with Crippen molar-refractivity contribution in [2.24, 2.45) is 5.92 Å². The van der Waals surface area contributed by atoms with Gasteiger partial charge in [0, 0.05) is 9.78 Å². The van der Waals surface area contributed by atoms with Crippen molar-refractivity contribution in [3.05, 3.63) is 36.8 Å². The van der Waals surface area contributed by atoms with E-state index in [1.807, 2.05) is 0 Å². The van der Waals surface area contributed by atoms with Gasteiger partial charge in [-0.25, -0.2) is 0 Å². The second-order valence-corrected chi connectivity index (χ2v) is 7.99. The quantitative estimate of drug-likeness (QED) is 0.646. The first-order valence-electron chi connectivity index (χ1n) is 4.18. The molecular weight excluding hydrogens is 344 g/mol. The lowest BCUT2D eigenvalue weighted by molar-refractivity contribution is 0.944. The average molecular weight is 352 g/mol. The molecule has 0 spiro atoms. The Bertz CT molecular complexity index is 404. The smallest absolute Gasteiger partial charge is 0.0705 e. The van der Waals surface area contributed by atoms with Crippen LogP contribution in [-0.4, -0.2) is 0 Å². The molecule has 0 aliphatic carbocycles. The van der Waals surface area contributed by atoms with E-state index in [0.717, 1.165) is 0 Å². The van der Waals surface area contributed by atoms with Crippen LogP contribution >= 0.6 is 55.0 Å². The minimum atomic E-state index is 0.515. The van der Waals surface area contributed by atoms with Crippen LogP contribution in [0, 0.1) is 5.92 Å². The zero-order valence-corrected chi connectivity index (χ0v) is 12.3. The van der Waals surface area contributed by atoms with Gasteiger partial charge in [-0.2, -0.15) is 0 Å². The van der Waals surface area contributed by atoms with Crippen molar-refractivity contribution in [1.82, 2.24) is 0 Å². The Balaban J connectivity index is 2.28. The van der Waals surface area contributed by atoms with E-state index in [9.17, 15) is 0 Å². The summed E-state index contributed by atoms with van der Waals surface area (Å²) < 4.78 is 2.40. The summed E-state index contributed by atoms with van der Waals surface area (Å²) in [7, 11) is 0. The van der Waals surface area contributed by atoms with E-state index in [-0.39, 0.29) is 0 Å². The van der Waals surface area contributed by atoms with Crippen LogP contribution in [0.25, 0.3) is 4.91 Å². The monoisotopic (exact) mass is 350 g/mol. The number of thiophene rings is 1. The largest absolute Gasteiger partial charge is 0.128 e. The molecule has 2 rings (SSSR count). The fourth-order valence-electron chi connectivity index (χ4n) is 1.25. The van der Waals surface area contributed by atoms with Crippen molar-refractivity contribution in [2.45, 2.75) is 6.92 Å². The third-order valence-corrected chi connectivity index (χ3v) is 5.27. The van der Waals surface area contributed by atoms with Gasteiger partial charge in [0.25, 0.3) is 0 Å². The van der Waals surface area contributed by atoms with Crippen LogP contribution in [0.15, 0.2) is 31.9 Å². The summed E-state index contributed by atoms with van der Waals surface area (Å²) >= 11 is 10.6. The van der Waals surface area contributed by atoms with Gasteiger partial charge in [0.1, 0.15) is 0 Å². The topological polar surface area (TPSA) is 0 Å². The molecule has 0 aromatic carbocycles. The lowest BCUT2D eigenvalue weighted by Gasteiger charge is -2.13. The second-order valence-electron chi connectivity index (χ2n) is 3.07. The molecule has 0 fully saturated rings. The Morgan fingerprint density at radius 2 is 2.00 bits per heavy atom. The first kappa shape index (κ1) is 11.0. The number of halogens is 2. The van der Waals surface area contributed by atoms with Crippen LogP contribution in [0.2, 0.25) is 0 Å². The maximum Gasteiger partial charge on any atom is 0.0705 e. The van der Waals surface area contributed by atoms with Crippen molar-refractivity contribution in [3.8, 4) is 0 Å². The van der Waals surface area contributed by atoms with Gasteiger partial charge in [-0.15, -0.1) is 11.3 Å². The molecule has 14 heavy (non-hydrogen) atoms. The summed E-state index contributed by atoms with van der Waals surface area (Å²) in [6.45, 7) is 2.20. The molecular formula is C10H8Br2S2. The minimum absolute atomic E-state index is 0.515. The summed E-state index contributed by atoms with van der Waals surface area (Å²) in [6, 6.07) is 4.25. The van der Waals surface area contributed by atoms with Crippen molar-refractivity contribution in [2.75, 3.05) is 0 Å². The summed E-state index contributed by atoms with van der Waals surface area (Å²) in [5.74, 6) is 0.515. The molecule has 1 atom stereocenters. The van der Waals surface area contributed by atoms with Crippen molar-refractivity contribution >= 4 is 59.9 Å². The van der Waals surface area contributed by atoms with Crippen LogP contribution in [0.5, 0.6) is 0 Å². The summed E-state index contributed by atoms with van der Waals surface area (Å²) in [6.07, 6.45) is 4.52. The van der Waals surface area contributed by atoms with E-state index in [0.29, 0.717) is 5.92 Å². The Labute approximate surface area is 109 Å². The van der Waals surface area contributed by atoms with Gasteiger partial charge in [-0.05, 0) is 49.9 Å². The maximum absolute atomic E-state index is 3.55. The second kappa shape index (κ2) is 4.56. The van der Waals surface area contributed by atoms with Crippen LogP contribution < -0.4 is 0 Å². The normalized spacial score (nSPS) is 21.8. The summed E-state index contributed by atoms with van der Waals surface area (Å²) in [5, 5.41) is 0. The molecule has 74 valence electrons. The molecule has 0 N–H and O–H groups in total. The SMILES string of the molecule is CC1C=C(Br)SC(c2ccc(Br)s2)=C1. The number of allylic oxidation sites excluding steroid dienone is 2. The van der Waals surface area contributed by atoms with Crippen molar-refractivity contribution in [1.29, 1.82) is 0 Å². The highest BCUT2D eigenvalue weighted by Gasteiger charge is 2.13. The van der Waals surface area contributed by atoms with Gasteiger partial charge in [0.05, 0.1) is 7.60 Å². The first-order valence-corrected chi connectivity index (χ1v) is 7.40. The van der Waals surface area contributed by atoms with Crippen LogP contribution in [0.3, 0.4) is 0 Å². The summed E-state index contributed by atoms with van der Waals surface area (Å²) in [5.41, 5.74) is 0. The molecule has 1 aliphatic heterocycles. The third kappa shape index (κ3) is 2.54. The molecule has 0 nitrogen and oxygen atoms in total. The summed E-state index contributed by atoms with van der Waals surface area (Å²) in [4.78, 5) is 2.68. The fourth-order valence-corrected chi connectivity index (χ4v) is 4.69. The average Bonchev–Trinajstić information content (AvgIpc) is 2.50. The highest BCUT2D eigenvalue weighted by molar-refractivity contribution is 9.14. The molecule has 0 radical (unpaired) electrons. The zero-order valence-electron chi connectivity index (χ0n) is 7.46. The zero-order chi connectivity index (χ0) is 10.1. The van der Waals surface area contributed by atoms with E-state index >= 15 is 0 Å². The minimum Gasteiger partial charge on any atom is -0.128 e. The van der Waals surface area contributed by atoms with Crippen molar-refractivity contribution in [3.63, 3.8) is 0 Å². The molecule has 1 aliphatic rings.